The monoisotopic (exact) mass is 366 g/mol. The number of rotatable bonds is 11. The molecule has 0 N–H and O–H groups in total. The van der Waals surface area contributed by atoms with Crippen LogP contribution in [-0.4, -0.2) is 6.61 Å². The second-order valence-electron chi connectivity index (χ2n) is 8.01. The van der Waals surface area contributed by atoms with Crippen LogP contribution in [-0.2, 0) is 6.42 Å². The van der Waals surface area contributed by atoms with Gasteiger partial charge in [0.25, 0.3) is 0 Å². The Labute approximate surface area is 158 Å². The quantitative estimate of drug-likeness (QED) is 0.366. The molecule has 0 spiro atoms. The third-order valence-corrected chi connectivity index (χ3v) is 6.08. The first kappa shape index (κ1) is 21.2. The predicted molar refractivity (Wildman–Crippen MR) is 105 cm³/mol. The smallest absolute Gasteiger partial charge is 0.200 e. The molecule has 0 aromatic heterocycles. The molecule has 3 heteroatoms. The first-order valence-electron chi connectivity index (χ1n) is 10.7. The van der Waals surface area contributed by atoms with Gasteiger partial charge in [-0.05, 0) is 56.1 Å². The zero-order chi connectivity index (χ0) is 18.8. The van der Waals surface area contributed by atoms with E-state index in [1.165, 1.54) is 70.6 Å². The van der Waals surface area contributed by atoms with Gasteiger partial charge in [-0.3, -0.25) is 0 Å². The molecule has 0 atom stereocenters. The van der Waals surface area contributed by atoms with Crippen LogP contribution in [0.25, 0.3) is 0 Å². The molecule has 0 bridgehead atoms. The van der Waals surface area contributed by atoms with Crippen molar-refractivity contribution in [1.29, 1.82) is 0 Å². The highest BCUT2D eigenvalue weighted by Crippen LogP contribution is 2.44. The number of hydrogen-bond acceptors (Lipinski definition) is 1. The van der Waals surface area contributed by atoms with Crippen LogP contribution in [0, 0.1) is 17.0 Å². The fourth-order valence-electron chi connectivity index (χ4n) is 4.46. The molecule has 1 fully saturated rings. The lowest BCUT2D eigenvalue weighted by molar-refractivity contribution is 0.151. The highest BCUT2D eigenvalue weighted by molar-refractivity contribution is 5.31. The van der Waals surface area contributed by atoms with Gasteiger partial charge in [-0.2, -0.15) is 4.39 Å². The van der Waals surface area contributed by atoms with E-state index < -0.39 is 11.6 Å². The van der Waals surface area contributed by atoms with Crippen molar-refractivity contribution in [2.45, 2.75) is 97.3 Å². The lowest BCUT2D eigenvalue weighted by Gasteiger charge is -2.38. The zero-order valence-electron chi connectivity index (χ0n) is 16.7. The average molecular weight is 367 g/mol. The Balaban J connectivity index is 1.97. The third kappa shape index (κ3) is 5.96. The van der Waals surface area contributed by atoms with Crippen molar-refractivity contribution in [3.05, 3.63) is 29.3 Å². The van der Waals surface area contributed by atoms with E-state index in [1.807, 2.05) is 0 Å². The standard InChI is InChI=1S/C23H36F2O/c1-3-5-6-7-9-15-23(16-10-8-11-17-23)18-14-19-12-13-20(26-4-2)22(25)21(19)24/h12-13H,3-11,14-18H2,1-2H3. The lowest BCUT2D eigenvalue weighted by Crippen LogP contribution is -2.25. The van der Waals surface area contributed by atoms with Crippen LogP contribution in [0.1, 0.15) is 96.5 Å². The number of ether oxygens (including phenoxy) is 1. The van der Waals surface area contributed by atoms with E-state index >= 15 is 0 Å². The summed E-state index contributed by atoms with van der Waals surface area (Å²) in [7, 11) is 0. The Kier molecular flexibility index (Phi) is 8.87. The van der Waals surface area contributed by atoms with Crippen LogP contribution >= 0.6 is 0 Å². The van der Waals surface area contributed by atoms with Gasteiger partial charge in [-0.25, -0.2) is 4.39 Å². The molecule has 1 aliphatic carbocycles. The minimum atomic E-state index is -0.832. The molecule has 0 aliphatic heterocycles. The van der Waals surface area contributed by atoms with E-state index in [2.05, 4.69) is 6.92 Å². The average Bonchev–Trinajstić information content (AvgIpc) is 2.66. The van der Waals surface area contributed by atoms with Gasteiger partial charge < -0.3 is 4.74 Å². The van der Waals surface area contributed by atoms with Crippen LogP contribution < -0.4 is 4.74 Å². The highest BCUT2D eigenvalue weighted by atomic mass is 19.2. The maximum atomic E-state index is 14.4. The van der Waals surface area contributed by atoms with E-state index in [0.29, 0.717) is 24.0 Å². The largest absolute Gasteiger partial charge is 0.491 e. The minimum absolute atomic E-state index is 0.0250. The van der Waals surface area contributed by atoms with Gasteiger partial charge in [0, 0.05) is 0 Å². The summed E-state index contributed by atoms with van der Waals surface area (Å²) in [6.45, 7) is 4.36. The Hall–Kier alpha value is -1.12. The first-order valence-corrected chi connectivity index (χ1v) is 10.7. The summed E-state index contributed by atoms with van der Waals surface area (Å²) in [5.74, 6) is -1.52. The van der Waals surface area contributed by atoms with E-state index in [9.17, 15) is 8.78 Å². The summed E-state index contributed by atoms with van der Waals surface area (Å²) in [5, 5.41) is 0. The Bertz CT molecular complexity index is 535. The minimum Gasteiger partial charge on any atom is -0.491 e. The number of hydrogen-bond donors (Lipinski definition) is 0. The molecule has 1 nitrogen and oxygen atoms in total. The van der Waals surface area contributed by atoms with E-state index in [4.69, 9.17) is 4.74 Å². The summed E-state index contributed by atoms with van der Waals surface area (Å²) >= 11 is 0. The molecule has 26 heavy (non-hydrogen) atoms. The van der Waals surface area contributed by atoms with Crippen molar-refractivity contribution < 1.29 is 13.5 Å². The predicted octanol–water partition coefficient (Wildman–Crippen LogP) is 7.61. The summed E-state index contributed by atoms with van der Waals surface area (Å²) in [4.78, 5) is 0. The molecule has 0 radical (unpaired) electrons. The highest BCUT2D eigenvalue weighted by Gasteiger charge is 2.31. The molecule has 1 aromatic carbocycles. The Morgan fingerprint density at radius 3 is 2.31 bits per heavy atom. The molecule has 0 heterocycles. The molecule has 1 saturated carbocycles. The number of halogens is 2. The van der Waals surface area contributed by atoms with Crippen LogP contribution in [0.5, 0.6) is 5.75 Å². The van der Waals surface area contributed by atoms with Crippen molar-refractivity contribution in [3.8, 4) is 5.75 Å². The Morgan fingerprint density at radius 2 is 1.62 bits per heavy atom. The van der Waals surface area contributed by atoms with E-state index in [1.54, 1.807) is 19.1 Å². The van der Waals surface area contributed by atoms with Gasteiger partial charge in [0.15, 0.2) is 11.6 Å². The van der Waals surface area contributed by atoms with Crippen LogP contribution in [0.4, 0.5) is 8.78 Å². The van der Waals surface area contributed by atoms with E-state index in [0.717, 1.165) is 6.42 Å². The van der Waals surface area contributed by atoms with Gasteiger partial charge in [-0.15, -0.1) is 0 Å². The van der Waals surface area contributed by atoms with Gasteiger partial charge in [0.2, 0.25) is 5.82 Å². The second-order valence-corrected chi connectivity index (χ2v) is 8.01. The topological polar surface area (TPSA) is 9.23 Å². The van der Waals surface area contributed by atoms with Crippen molar-refractivity contribution in [3.63, 3.8) is 0 Å². The number of benzene rings is 1. The van der Waals surface area contributed by atoms with Gasteiger partial charge in [0.1, 0.15) is 0 Å². The van der Waals surface area contributed by atoms with E-state index in [-0.39, 0.29) is 5.75 Å². The first-order chi connectivity index (χ1) is 12.6. The van der Waals surface area contributed by atoms with Crippen molar-refractivity contribution in [2.24, 2.45) is 5.41 Å². The van der Waals surface area contributed by atoms with Gasteiger partial charge in [-0.1, -0.05) is 64.4 Å². The lowest BCUT2D eigenvalue weighted by atomic mass is 9.68. The molecule has 0 saturated heterocycles. The summed E-state index contributed by atoms with van der Waals surface area (Å²) in [6.07, 6.45) is 15.8. The maximum Gasteiger partial charge on any atom is 0.200 e. The summed E-state index contributed by atoms with van der Waals surface area (Å²) < 4.78 is 33.7. The molecule has 0 unspecified atom stereocenters. The molecular formula is C23H36F2O. The fraction of sp³-hybridized carbons (Fsp3) is 0.739. The number of unbranched alkanes of at least 4 members (excludes halogenated alkanes) is 4. The molecule has 0 amide bonds. The molecule has 2 rings (SSSR count). The van der Waals surface area contributed by atoms with Crippen molar-refractivity contribution >= 4 is 0 Å². The van der Waals surface area contributed by atoms with Crippen molar-refractivity contribution in [2.75, 3.05) is 6.61 Å². The normalized spacial score (nSPS) is 16.6. The fourth-order valence-corrected chi connectivity index (χ4v) is 4.46. The molecule has 1 aromatic rings. The van der Waals surface area contributed by atoms with Gasteiger partial charge in [0.05, 0.1) is 6.61 Å². The molecular weight excluding hydrogens is 330 g/mol. The summed E-state index contributed by atoms with van der Waals surface area (Å²) in [6, 6.07) is 3.29. The van der Waals surface area contributed by atoms with Crippen LogP contribution in [0.15, 0.2) is 12.1 Å². The molecule has 1 aliphatic rings. The zero-order valence-corrected chi connectivity index (χ0v) is 16.7. The Morgan fingerprint density at radius 1 is 0.885 bits per heavy atom. The van der Waals surface area contributed by atoms with Crippen LogP contribution in [0.3, 0.4) is 0 Å². The van der Waals surface area contributed by atoms with Gasteiger partial charge >= 0.3 is 0 Å². The second kappa shape index (κ2) is 10.9. The third-order valence-electron chi connectivity index (χ3n) is 6.08. The summed E-state index contributed by atoms with van der Waals surface area (Å²) in [5.41, 5.74) is 0.841. The van der Waals surface area contributed by atoms with Crippen molar-refractivity contribution in [1.82, 2.24) is 0 Å². The maximum absolute atomic E-state index is 14.4. The molecule has 148 valence electrons. The number of aryl methyl sites for hydroxylation is 1. The van der Waals surface area contributed by atoms with Crippen LogP contribution in [0.2, 0.25) is 0 Å². The SMILES string of the molecule is CCCCCCCC1(CCc2ccc(OCC)c(F)c2F)CCCCC1.